The van der Waals surface area contributed by atoms with Crippen molar-refractivity contribution in [2.45, 2.75) is 44.8 Å². The molecular formula is C20H24N4O2. The summed E-state index contributed by atoms with van der Waals surface area (Å²) in [5.41, 5.74) is 2.40. The Balaban J connectivity index is 1.96. The fourth-order valence-electron chi connectivity index (χ4n) is 3.24. The van der Waals surface area contributed by atoms with Crippen molar-refractivity contribution in [1.29, 1.82) is 5.26 Å². The minimum absolute atomic E-state index is 0.0944. The minimum atomic E-state index is -0.270. The van der Waals surface area contributed by atoms with Gasteiger partial charge in [0.05, 0.1) is 31.0 Å². The first-order valence-electron chi connectivity index (χ1n) is 8.86. The average molecular weight is 352 g/mol. The molecule has 1 unspecified atom stereocenters. The molecule has 1 aliphatic carbocycles. The van der Waals surface area contributed by atoms with Gasteiger partial charge in [0, 0.05) is 11.9 Å². The largest absolute Gasteiger partial charge is 0.495 e. The molecule has 136 valence electrons. The fraction of sp³-hybridized carbons (Fsp3) is 0.450. The number of rotatable bonds is 6. The van der Waals surface area contributed by atoms with Crippen LogP contribution in [0.5, 0.6) is 5.75 Å². The van der Waals surface area contributed by atoms with E-state index in [0.717, 1.165) is 11.3 Å². The van der Waals surface area contributed by atoms with Crippen molar-refractivity contribution >= 4 is 5.82 Å². The van der Waals surface area contributed by atoms with Crippen LogP contribution in [-0.2, 0) is 0 Å². The van der Waals surface area contributed by atoms with Gasteiger partial charge in [-0.05, 0) is 48.4 Å². The molecule has 26 heavy (non-hydrogen) atoms. The van der Waals surface area contributed by atoms with Crippen LogP contribution in [0.25, 0.3) is 0 Å². The summed E-state index contributed by atoms with van der Waals surface area (Å²) >= 11 is 0. The molecule has 1 fully saturated rings. The average Bonchev–Trinajstić information content (AvgIpc) is 2.63. The number of hydrogen-bond acceptors (Lipinski definition) is 6. The van der Waals surface area contributed by atoms with Crippen molar-refractivity contribution in [2.75, 3.05) is 12.4 Å². The van der Waals surface area contributed by atoms with Gasteiger partial charge in [-0.3, -0.25) is 4.98 Å². The molecule has 6 heteroatoms. The van der Waals surface area contributed by atoms with E-state index in [1.807, 2.05) is 12.1 Å². The first-order valence-corrected chi connectivity index (χ1v) is 8.86. The predicted octanol–water partition coefficient (Wildman–Crippen LogP) is 3.40. The lowest BCUT2D eigenvalue weighted by molar-refractivity contribution is 0.0338. The Labute approximate surface area is 153 Å². The van der Waals surface area contributed by atoms with Crippen LogP contribution in [0.1, 0.15) is 55.5 Å². The maximum atomic E-state index is 9.76. The summed E-state index contributed by atoms with van der Waals surface area (Å²) in [5.74, 6) is 1.77. The van der Waals surface area contributed by atoms with Gasteiger partial charge >= 0.3 is 0 Å². The van der Waals surface area contributed by atoms with E-state index >= 15 is 0 Å². The number of aliphatic hydroxyl groups excluding tert-OH is 1. The van der Waals surface area contributed by atoms with Crippen molar-refractivity contribution in [3.8, 4) is 11.8 Å². The molecule has 0 bridgehead atoms. The number of pyridine rings is 2. The Bertz CT molecular complexity index is 810. The van der Waals surface area contributed by atoms with Gasteiger partial charge in [0.25, 0.3) is 0 Å². The monoisotopic (exact) mass is 352 g/mol. The van der Waals surface area contributed by atoms with E-state index in [-0.39, 0.29) is 24.0 Å². The molecule has 2 aromatic rings. The van der Waals surface area contributed by atoms with Crippen LogP contribution in [-0.4, -0.2) is 28.3 Å². The van der Waals surface area contributed by atoms with E-state index in [1.54, 1.807) is 25.6 Å². The normalized spacial score (nSPS) is 20.2. The third-order valence-corrected chi connectivity index (χ3v) is 4.87. The van der Waals surface area contributed by atoms with E-state index in [1.165, 1.54) is 0 Å². The minimum Gasteiger partial charge on any atom is -0.495 e. The van der Waals surface area contributed by atoms with Crippen LogP contribution >= 0.6 is 0 Å². The lowest BCUT2D eigenvalue weighted by Gasteiger charge is -2.38. The molecule has 2 N–H and O–H groups in total. The molecule has 1 saturated carbocycles. The standard InChI is InChI=1S/C20H24N4O2/c1-12(2)18-5-4-13(9-21)20(23-18)24-19(14-6-16(25)7-14)15-8-17(26-3)11-22-10-15/h4-5,8,10-12,14,16,19,25H,6-7H2,1-3H3,(H,23,24). The number of anilines is 1. The quantitative estimate of drug-likeness (QED) is 0.828. The van der Waals surface area contributed by atoms with Gasteiger partial charge in [-0.2, -0.15) is 5.26 Å². The molecule has 1 aliphatic rings. The number of aliphatic hydroxyl groups is 1. The van der Waals surface area contributed by atoms with Crippen molar-refractivity contribution in [1.82, 2.24) is 9.97 Å². The summed E-state index contributed by atoms with van der Waals surface area (Å²) in [6.07, 6.45) is 4.60. The topological polar surface area (TPSA) is 91.1 Å². The summed E-state index contributed by atoms with van der Waals surface area (Å²) in [7, 11) is 1.61. The Morgan fingerprint density at radius 3 is 2.69 bits per heavy atom. The van der Waals surface area contributed by atoms with Gasteiger partial charge in [0.15, 0.2) is 0 Å². The number of hydrogen-bond donors (Lipinski definition) is 2. The lowest BCUT2D eigenvalue weighted by atomic mass is 9.75. The highest BCUT2D eigenvalue weighted by atomic mass is 16.5. The second kappa shape index (κ2) is 7.71. The third kappa shape index (κ3) is 3.78. The van der Waals surface area contributed by atoms with Crippen LogP contribution < -0.4 is 10.1 Å². The third-order valence-electron chi connectivity index (χ3n) is 4.87. The number of nitrogens with zero attached hydrogens (tertiary/aromatic N) is 3. The van der Waals surface area contributed by atoms with E-state index in [2.05, 4.69) is 35.2 Å². The number of nitriles is 1. The molecule has 0 spiro atoms. The summed E-state index contributed by atoms with van der Waals surface area (Å²) in [5, 5.41) is 22.7. The molecule has 6 nitrogen and oxygen atoms in total. The summed E-state index contributed by atoms with van der Waals surface area (Å²) in [4.78, 5) is 8.92. The number of ether oxygens (including phenoxy) is 1. The molecule has 0 amide bonds. The highest BCUT2D eigenvalue weighted by Gasteiger charge is 2.35. The van der Waals surface area contributed by atoms with E-state index in [0.29, 0.717) is 30.0 Å². The molecule has 1 atom stereocenters. The van der Waals surface area contributed by atoms with Crippen molar-refractivity contribution < 1.29 is 9.84 Å². The molecule has 2 aromatic heterocycles. The van der Waals surface area contributed by atoms with Gasteiger partial charge in [0.1, 0.15) is 17.6 Å². The van der Waals surface area contributed by atoms with Gasteiger partial charge in [0.2, 0.25) is 0 Å². The Morgan fingerprint density at radius 1 is 1.31 bits per heavy atom. The van der Waals surface area contributed by atoms with Crippen LogP contribution in [0.3, 0.4) is 0 Å². The molecule has 0 aliphatic heterocycles. The smallest absolute Gasteiger partial charge is 0.144 e. The maximum absolute atomic E-state index is 9.76. The van der Waals surface area contributed by atoms with Crippen LogP contribution in [0.2, 0.25) is 0 Å². The van der Waals surface area contributed by atoms with Gasteiger partial charge in [-0.25, -0.2) is 4.98 Å². The lowest BCUT2D eigenvalue weighted by Crippen LogP contribution is -2.36. The summed E-state index contributed by atoms with van der Waals surface area (Å²) in [6, 6.07) is 7.75. The zero-order valence-corrected chi connectivity index (χ0v) is 15.3. The molecule has 2 heterocycles. The van der Waals surface area contributed by atoms with E-state index in [4.69, 9.17) is 4.74 Å². The summed E-state index contributed by atoms with van der Waals surface area (Å²) < 4.78 is 5.30. The number of methoxy groups -OCH3 is 1. The molecule has 3 rings (SSSR count). The van der Waals surface area contributed by atoms with E-state index < -0.39 is 0 Å². The van der Waals surface area contributed by atoms with Crippen LogP contribution in [0.15, 0.2) is 30.6 Å². The molecule has 0 aromatic carbocycles. The van der Waals surface area contributed by atoms with Gasteiger partial charge in [-0.1, -0.05) is 13.8 Å². The zero-order valence-electron chi connectivity index (χ0n) is 15.3. The Morgan fingerprint density at radius 2 is 2.08 bits per heavy atom. The van der Waals surface area contributed by atoms with Gasteiger partial charge in [-0.15, -0.1) is 0 Å². The highest BCUT2D eigenvalue weighted by Crippen LogP contribution is 2.40. The first-order chi connectivity index (χ1) is 12.5. The second-order valence-corrected chi connectivity index (χ2v) is 7.06. The molecular weight excluding hydrogens is 328 g/mol. The highest BCUT2D eigenvalue weighted by molar-refractivity contribution is 5.54. The SMILES string of the molecule is COc1cncc(C(Nc2nc(C(C)C)ccc2C#N)C2CC(O)C2)c1. The maximum Gasteiger partial charge on any atom is 0.144 e. The zero-order chi connectivity index (χ0) is 18.7. The first kappa shape index (κ1) is 18.2. The van der Waals surface area contributed by atoms with E-state index in [9.17, 15) is 10.4 Å². The molecule has 0 radical (unpaired) electrons. The van der Waals surface area contributed by atoms with Gasteiger partial charge < -0.3 is 15.2 Å². The Hall–Kier alpha value is -2.65. The van der Waals surface area contributed by atoms with Crippen LogP contribution in [0, 0.1) is 17.2 Å². The molecule has 0 saturated heterocycles. The van der Waals surface area contributed by atoms with Crippen molar-refractivity contribution in [2.24, 2.45) is 5.92 Å². The predicted molar refractivity (Wildman–Crippen MR) is 98.9 cm³/mol. The van der Waals surface area contributed by atoms with Crippen molar-refractivity contribution in [3.63, 3.8) is 0 Å². The fourth-order valence-corrected chi connectivity index (χ4v) is 3.24. The van der Waals surface area contributed by atoms with Crippen molar-refractivity contribution in [3.05, 3.63) is 47.4 Å². The van der Waals surface area contributed by atoms with Crippen LogP contribution in [0.4, 0.5) is 5.82 Å². The second-order valence-electron chi connectivity index (χ2n) is 7.06. The number of aromatic nitrogens is 2. The number of nitrogens with one attached hydrogen (secondary N) is 1. The Kier molecular flexibility index (Phi) is 5.38. The summed E-state index contributed by atoms with van der Waals surface area (Å²) in [6.45, 7) is 4.15.